The Hall–Kier alpha value is -4.07. The molecule has 5 rings (SSSR count). The summed E-state index contributed by atoms with van der Waals surface area (Å²) >= 11 is 0. The van der Waals surface area contributed by atoms with Gasteiger partial charge in [-0.1, -0.05) is 18.2 Å². The topological polar surface area (TPSA) is 119 Å². The van der Waals surface area contributed by atoms with E-state index in [1.807, 2.05) is 23.1 Å². The lowest BCUT2D eigenvalue weighted by molar-refractivity contribution is 0.142. The number of carboxylic acid groups (broad SMARTS) is 1. The lowest BCUT2D eigenvalue weighted by Gasteiger charge is -2.33. The fourth-order valence-corrected chi connectivity index (χ4v) is 6.72. The van der Waals surface area contributed by atoms with E-state index in [1.165, 1.54) is 47.8 Å². The molecule has 240 valence electrons. The monoisotopic (exact) mass is 638 g/mol. The van der Waals surface area contributed by atoms with Crippen LogP contribution in [0.3, 0.4) is 0 Å². The van der Waals surface area contributed by atoms with Gasteiger partial charge in [0, 0.05) is 70.7 Å². The van der Waals surface area contributed by atoms with Gasteiger partial charge < -0.3 is 14.9 Å². The van der Waals surface area contributed by atoms with Crippen LogP contribution in [-0.2, 0) is 16.4 Å². The average Bonchev–Trinajstić information content (AvgIpc) is 3.82. The number of rotatable bonds is 12. The maximum absolute atomic E-state index is 13.7. The maximum atomic E-state index is 13.7. The average molecular weight is 639 g/mol. The molecule has 45 heavy (non-hydrogen) atoms. The number of benzene rings is 2. The van der Waals surface area contributed by atoms with Crippen LogP contribution in [0.5, 0.6) is 0 Å². The molecule has 1 saturated carbocycles. The van der Waals surface area contributed by atoms with Crippen molar-refractivity contribution in [1.29, 1.82) is 0 Å². The number of nitrogens with zero attached hydrogens (tertiary/aromatic N) is 6. The van der Waals surface area contributed by atoms with Crippen molar-refractivity contribution in [2.45, 2.75) is 36.1 Å². The van der Waals surface area contributed by atoms with Gasteiger partial charge in [0.2, 0.25) is 10.0 Å². The van der Waals surface area contributed by atoms with Gasteiger partial charge in [0.25, 0.3) is 5.56 Å². The van der Waals surface area contributed by atoms with Gasteiger partial charge in [0.15, 0.2) is 5.82 Å². The second-order valence-corrected chi connectivity index (χ2v) is 13.8. The van der Waals surface area contributed by atoms with Crippen LogP contribution in [0.25, 0.3) is 5.69 Å². The predicted octanol–water partition coefficient (Wildman–Crippen LogP) is 3.40. The first-order valence-electron chi connectivity index (χ1n) is 15.0. The van der Waals surface area contributed by atoms with Gasteiger partial charge in [-0.3, -0.25) is 14.3 Å². The molecule has 0 radical (unpaired) electrons. The standard InChI is InChI=1S/C32H39FN6O5S/c1-4-15-36(29-21-28(29)23-7-9-24(33)10-8-23)16-5-6-25-22-39(26-11-13-27(14-12-26)45(43,44)35(2)3)31(40)30(34-25)37-17-19-38(20-18-37)32(41)42/h4,7-14,22,28-29H,1,5-6,15-21H2,2-3H3,(H,41,42)/t28-,29+/m0/s1. The fraction of sp³-hybridized carbons (Fsp3) is 0.406. The van der Waals surface area contributed by atoms with Crippen LogP contribution in [0, 0.1) is 5.82 Å². The Morgan fingerprint density at radius 2 is 1.76 bits per heavy atom. The molecule has 2 heterocycles. The van der Waals surface area contributed by atoms with Crippen molar-refractivity contribution in [3.8, 4) is 5.69 Å². The SMILES string of the molecule is C=CCN(CCCc1cn(-c2ccc(S(=O)(=O)N(C)C)cc2)c(=O)c(N2CCN(C(=O)O)CC2)n1)[C@@H]1C[C@H]1c1ccc(F)cc1. The van der Waals surface area contributed by atoms with Gasteiger partial charge in [-0.2, -0.15) is 0 Å². The van der Waals surface area contributed by atoms with Crippen LogP contribution in [0.2, 0.25) is 0 Å². The number of anilines is 1. The fourth-order valence-electron chi connectivity index (χ4n) is 5.82. The third-order valence-corrected chi connectivity index (χ3v) is 10.3. The zero-order chi connectivity index (χ0) is 32.3. The summed E-state index contributed by atoms with van der Waals surface area (Å²) in [7, 11) is -0.718. The molecule has 11 nitrogen and oxygen atoms in total. The minimum Gasteiger partial charge on any atom is -0.465 e. The summed E-state index contributed by atoms with van der Waals surface area (Å²) in [4.78, 5) is 35.5. The number of amides is 1. The van der Waals surface area contributed by atoms with Gasteiger partial charge in [-0.15, -0.1) is 6.58 Å². The minimum atomic E-state index is -3.64. The van der Waals surface area contributed by atoms with E-state index < -0.39 is 16.1 Å². The van der Waals surface area contributed by atoms with Crippen molar-refractivity contribution in [1.82, 2.24) is 23.7 Å². The van der Waals surface area contributed by atoms with E-state index >= 15 is 0 Å². The quantitative estimate of drug-likeness (QED) is 0.300. The van der Waals surface area contributed by atoms with Crippen LogP contribution < -0.4 is 10.5 Å². The van der Waals surface area contributed by atoms with Crippen molar-refractivity contribution >= 4 is 21.9 Å². The summed E-state index contributed by atoms with van der Waals surface area (Å²) < 4.78 is 41.2. The molecule has 1 N–H and O–H groups in total. The largest absolute Gasteiger partial charge is 0.465 e. The summed E-state index contributed by atoms with van der Waals surface area (Å²) in [6.07, 6.45) is 4.92. The van der Waals surface area contributed by atoms with Gasteiger partial charge in [-0.05, 0) is 67.8 Å². The van der Waals surface area contributed by atoms with E-state index in [0.29, 0.717) is 42.9 Å². The van der Waals surface area contributed by atoms with Crippen molar-refractivity contribution in [2.24, 2.45) is 0 Å². The summed E-state index contributed by atoms with van der Waals surface area (Å²) in [5.41, 5.74) is 1.96. The van der Waals surface area contributed by atoms with Gasteiger partial charge in [0.1, 0.15) is 5.82 Å². The normalized spacial score (nSPS) is 18.4. The van der Waals surface area contributed by atoms with Crippen LogP contribution in [0.4, 0.5) is 15.0 Å². The number of aromatic nitrogens is 2. The minimum absolute atomic E-state index is 0.116. The van der Waals surface area contributed by atoms with Crippen molar-refractivity contribution in [3.05, 3.63) is 94.8 Å². The van der Waals surface area contributed by atoms with E-state index in [0.717, 1.165) is 35.8 Å². The molecule has 2 aromatic carbocycles. The summed E-state index contributed by atoms with van der Waals surface area (Å²) in [5.74, 6) is 0.343. The molecule has 0 unspecified atom stereocenters. The number of halogens is 1. The molecule has 1 aromatic heterocycles. The smallest absolute Gasteiger partial charge is 0.407 e. The van der Waals surface area contributed by atoms with Crippen molar-refractivity contribution < 1.29 is 22.7 Å². The highest BCUT2D eigenvalue weighted by Gasteiger charge is 2.42. The Kier molecular flexibility index (Phi) is 9.70. The van der Waals surface area contributed by atoms with Crippen LogP contribution in [0.1, 0.15) is 30.0 Å². The first-order chi connectivity index (χ1) is 21.5. The number of carbonyl (C=O) groups is 1. The molecule has 0 bridgehead atoms. The molecule has 1 aliphatic carbocycles. The zero-order valence-corrected chi connectivity index (χ0v) is 26.4. The number of sulfonamides is 1. The number of hydrogen-bond acceptors (Lipinski definition) is 7. The third-order valence-electron chi connectivity index (χ3n) is 8.45. The summed E-state index contributed by atoms with van der Waals surface area (Å²) in [6.45, 7) is 6.59. The molecular weight excluding hydrogens is 599 g/mol. The molecule has 2 atom stereocenters. The van der Waals surface area contributed by atoms with Crippen LogP contribution in [-0.4, -0.2) is 103 Å². The highest BCUT2D eigenvalue weighted by Crippen LogP contribution is 2.44. The lowest BCUT2D eigenvalue weighted by Crippen LogP contribution is -2.50. The van der Waals surface area contributed by atoms with Gasteiger partial charge in [-0.25, -0.2) is 26.9 Å². The second kappa shape index (κ2) is 13.5. The maximum Gasteiger partial charge on any atom is 0.407 e. The molecular formula is C32H39FN6O5S. The molecule has 13 heteroatoms. The van der Waals surface area contributed by atoms with Crippen LogP contribution >= 0.6 is 0 Å². The molecule has 2 aliphatic rings. The van der Waals surface area contributed by atoms with E-state index in [9.17, 15) is 27.5 Å². The molecule has 1 aliphatic heterocycles. The van der Waals surface area contributed by atoms with E-state index in [-0.39, 0.29) is 35.2 Å². The van der Waals surface area contributed by atoms with Crippen LogP contribution in [0.15, 0.2) is 77.1 Å². The number of piperazine rings is 1. The Balaban J connectivity index is 1.37. The predicted molar refractivity (Wildman–Crippen MR) is 170 cm³/mol. The van der Waals surface area contributed by atoms with Crippen molar-refractivity contribution in [3.63, 3.8) is 0 Å². The third kappa shape index (κ3) is 7.26. The lowest BCUT2D eigenvalue weighted by atomic mass is 10.1. The highest BCUT2D eigenvalue weighted by molar-refractivity contribution is 7.89. The Morgan fingerprint density at radius 3 is 2.36 bits per heavy atom. The molecule has 1 amide bonds. The second-order valence-electron chi connectivity index (χ2n) is 11.6. The Labute approximate surface area is 262 Å². The molecule has 0 spiro atoms. The Bertz CT molecular complexity index is 1690. The first kappa shape index (κ1) is 32.3. The zero-order valence-electron chi connectivity index (χ0n) is 25.5. The Morgan fingerprint density at radius 1 is 1.09 bits per heavy atom. The van der Waals surface area contributed by atoms with Crippen molar-refractivity contribution in [2.75, 3.05) is 58.3 Å². The molecule has 1 saturated heterocycles. The summed E-state index contributed by atoms with van der Waals surface area (Å²) in [6, 6.07) is 13.2. The summed E-state index contributed by atoms with van der Waals surface area (Å²) in [5, 5.41) is 9.37. The van der Waals surface area contributed by atoms with Gasteiger partial charge in [0.05, 0.1) is 10.6 Å². The first-order valence-corrected chi connectivity index (χ1v) is 16.4. The number of aryl methyl sites for hydroxylation is 1. The highest BCUT2D eigenvalue weighted by atomic mass is 32.2. The molecule has 3 aromatic rings. The van der Waals surface area contributed by atoms with E-state index in [4.69, 9.17) is 4.98 Å². The molecule has 2 fully saturated rings. The van der Waals surface area contributed by atoms with E-state index in [1.54, 1.807) is 18.3 Å². The van der Waals surface area contributed by atoms with Gasteiger partial charge >= 0.3 is 6.09 Å². The number of hydrogen-bond donors (Lipinski definition) is 1. The van der Waals surface area contributed by atoms with E-state index in [2.05, 4.69) is 11.5 Å².